The van der Waals surface area contributed by atoms with Crippen molar-refractivity contribution in [2.75, 3.05) is 6.61 Å². The Labute approximate surface area is 105 Å². The Kier molecular flexibility index (Phi) is 5.25. The van der Waals surface area contributed by atoms with Gasteiger partial charge in [0.1, 0.15) is 11.8 Å². The van der Waals surface area contributed by atoms with E-state index >= 15 is 0 Å². The van der Waals surface area contributed by atoms with Gasteiger partial charge in [-0.2, -0.15) is 0 Å². The van der Waals surface area contributed by atoms with E-state index in [9.17, 15) is 4.79 Å². The number of benzene rings is 1. The molecule has 0 saturated heterocycles. The van der Waals surface area contributed by atoms with E-state index in [0.717, 1.165) is 5.56 Å². The number of hydrogen-bond donors (Lipinski definition) is 2. The van der Waals surface area contributed by atoms with Gasteiger partial charge in [-0.1, -0.05) is 17.7 Å². The molecule has 1 aromatic carbocycles. The van der Waals surface area contributed by atoms with Crippen LogP contribution in [0.2, 0.25) is 5.02 Å². The minimum Gasteiger partial charge on any atom is -0.492 e. The highest BCUT2D eigenvalue weighted by molar-refractivity contribution is 6.32. The molecule has 0 spiro atoms. The van der Waals surface area contributed by atoms with Gasteiger partial charge in [-0.15, -0.1) is 0 Å². The molecule has 94 valence electrons. The van der Waals surface area contributed by atoms with Crippen molar-refractivity contribution >= 4 is 17.6 Å². The van der Waals surface area contributed by atoms with Crippen molar-refractivity contribution < 1.29 is 14.6 Å². The number of ether oxygens (including phenoxy) is 1. The van der Waals surface area contributed by atoms with E-state index in [1.165, 1.54) is 0 Å². The molecule has 5 heteroatoms. The van der Waals surface area contributed by atoms with Gasteiger partial charge in [-0.05, 0) is 37.5 Å². The first kappa shape index (κ1) is 13.8. The largest absolute Gasteiger partial charge is 0.492 e. The van der Waals surface area contributed by atoms with E-state index in [0.29, 0.717) is 30.2 Å². The number of rotatable bonds is 6. The zero-order valence-electron chi connectivity index (χ0n) is 9.65. The maximum Gasteiger partial charge on any atom is 0.320 e. The van der Waals surface area contributed by atoms with Crippen molar-refractivity contribution in [1.29, 1.82) is 0 Å². The zero-order chi connectivity index (χ0) is 12.8. The second kappa shape index (κ2) is 6.47. The Morgan fingerprint density at radius 3 is 2.94 bits per heavy atom. The summed E-state index contributed by atoms with van der Waals surface area (Å²) in [5.41, 5.74) is 6.43. The highest BCUT2D eigenvalue weighted by Crippen LogP contribution is 2.25. The predicted octanol–water partition coefficient (Wildman–Crippen LogP) is 2.22. The lowest BCUT2D eigenvalue weighted by atomic mass is 10.2. The van der Waals surface area contributed by atoms with Gasteiger partial charge in [0.05, 0.1) is 11.6 Å². The van der Waals surface area contributed by atoms with Crippen LogP contribution < -0.4 is 10.5 Å². The lowest BCUT2D eigenvalue weighted by molar-refractivity contribution is -0.138. The van der Waals surface area contributed by atoms with Gasteiger partial charge in [0.15, 0.2) is 0 Å². The fraction of sp³-hybridized carbons (Fsp3) is 0.417. The third-order valence-corrected chi connectivity index (χ3v) is 2.63. The minimum absolute atomic E-state index is 0.388. The van der Waals surface area contributed by atoms with Gasteiger partial charge < -0.3 is 15.6 Å². The highest BCUT2D eigenvalue weighted by atomic mass is 35.5. The average Bonchev–Trinajstić information content (AvgIpc) is 2.28. The van der Waals surface area contributed by atoms with E-state index in [-0.39, 0.29) is 0 Å². The summed E-state index contributed by atoms with van der Waals surface area (Å²) in [7, 11) is 0. The third-order valence-electron chi connectivity index (χ3n) is 2.32. The Morgan fingerprint density at radius 2 is 2.29 bits per heavy atom. The molecule has 0 saturated carbocycles. The van der Waals surface area contributed by atoms with E-state index in [4.69, 9.17) is 27.2 Å². The molecule has 1 unspecified atom stereocenters. The molecule has 0 aliphatic carbocycles. The van der Waals surface area contributed by atoms with Crippen LogP contribution in [0, 0.1) is 6.92 Å². The molecule has 1 atom stereocenters. The summed E-state index contributed by atoms with van der Waals surface area (Å²) < 4.78 is 5.47. The van der Waals surface area contributed by atoms with E-state index < -0.39 is 12.0 Å². The SMILES string of the molecule is Cc1ccc(Cl)c(OCCCC(N)C(=O)O)c1. The van der Waals surface area contributed by atoms with Gasteiger partial charge in [0, 0.05) is 0 Å². The molecular formula is C12H16ClNO3. The number of halogens is 1. The van der Waals surface area contributed by atoms with Crippen molar-refractivity contribution in [2.45, 2.75) is 25.8 Å². The second-order valence-electron chi connectivity index (χ2n) is 3.87. The molecule has 0 aromatic heterocycles. The number of carboxylic acids is 1. The normalized spacial score (nSPS) is 12.2. The Hall–Kier alpha value is -1.26. The van der Waals surface area contributed by atoms with Crippen LogP contribution in [0.15, 0.2) is 18.2 Å². The fourth-order valence-corrected chi connectivity index (χ4v) is 1.50. The molecule has 0 aliphatic rings. The molecule has 4 nitrogen and oxygen atoms in total. The number of hydrogen-bond acceptors (Lipinski definition) is 3. The maximum absolute atomic E-state index is 10.5. The van der Waals surface area contributed by atoms with Crippen LogP contribution in [0.25, 0.3) is 0 Å². The Morgan fingerprint density at radius 1 is 1.59 bits per heavy atom. The van der Waals surface area contributed by atoms with E-state index in [2.05, 4.69) is 0 Å². The predicted molar refractivity (Wildman–Crippen MR) is 66.5 cm³/mol. The lowest BCUT2D eigenvalue weighted by Gasteiger charge is -2.10. The van der Waals surface area contributed by atoms with Crippen LogP contribution in [0.3, 0.4) is 0 Å². The third kappa shape index (κ3) is 4.63. The van der Waals surface area contributed by atoms with Crippen molar-refractivity contribution in [1.82, 2.24) is 0 Å². The fourth-order valence-electron chi connectivity index (χ4n) is 1.33. The molecule has 1 rings (SSSR count). The molecule has 0 heterocycles. The summed E-state index contributed by atoms with van der Waals surface area (Å²) in [5, 5.41) is 9.15. The molecule has 0 radical (unpaired) electrons. The van der Waals surface area contributed by atoms with Crippen LogP contribution >= 0.6 is 11.6 Å². The summed E-state index contributed by atoms with van der Waals surface area (Å²) in [6.07, 6.45) is 0.969. The van der Waals surface area contributed by atoms with Gasteiger partial charge in [-0.3, -0.25) is 4.79 Å². The van der Waals surface area contributed by atoms with Crippen LogP contribution in [-0.2, 0) is 4.79 Å². The Bertz CT molecular complexity index is 395. The highest BCUT2D eigenvalue weighted by Gasteiger charge is 2.10. The molecule has 1 aromatic rings. The summed E-state index contributed by atoms with van der Waals surface area (Å²) in [6, 6.07) is 4.69. The van der Waals surface area contributed by atoms with Crippen molar-refractivity contribution in [3.8, 4) is 5.75 Å². The van der Waals surface area contributed by atoms with Crippen molar-refractivity contribution in [3.05, 3.63) is 28.8 Å². The first-order chi connectivity index (χ1) is 8.00. The van der Waals surface area contributed by atoms with Gasteiger partial charge in [0.2, 0.25) is 0 Å². The number of aliphatic carboxylic acids is 1. The number of carbonyl (C=O) groups is 1. The monoisotopic (exact) mass is 257 g/mol. The number of aryl methyl sites for hydroxylation is 1. The lowest BCUT2D eigenvalue weighted by Crippen LogP contribution is -2.30. The summed E-state index contributed by atoms with van der Waals surface area (Å²) in [6.45, 7) is 2.35. The molecule has 3 N–H and O–H groups in total. The van der Waals surface area contributed by atoms with Crippen LogP contribution in [0.4, 0.5) is 0 Å². The average molecular weight is 258 g/mol. The van der Waals surface area contributed by atoms with Gasteiger partial charge >= 0.3 is 5.97 Å². The topological polar surface area (TPSA) is 72.5 Å². The molecule has 0 amide bonds. The summed E-state index contributed by atoms with van der Waals surface area (Å²) in [4.78, 5) is 10.5. The van der Waals surface area contributed by atoms with Crippen LogP contribution in [0.1, 0.15) is 18.4 Å². The Balaban J connectivity index is 2.36. The standard InChI is InChI=1S/C12H16ClNO3/c1-8-4-5-9(13)11(7-8)17-6-2-3-10(14)12(15)16/h4-5,7,10H,2-3,6,14H2,1H3,(H,15,16). The molecular weight excluding hydrogens is 242 g/mol. The van der Waals surface area contributed by atoms with Crippen molar-refractivity contribution in [3.63, 3.8) is 0 Å². The molecule has 0 aliphatic heterocycles. The summed E-state index contributed by atoms with van der Waals surface area (Å²) in [5.74, 6) is -0.367. The van der Waals surface area contributed by atoms with E-state index in [1.807, 2.05) is 19.1 Å². The van der Waals surface area contributed by atoms with E-state index in [1.54, 1.807) is 6.07 Å². The molecule has 0 fully saturated rings. The van der Waals surface area contributed by atoms with Gasteiger partial charge in [0.25, 0.3) is 0 Å². The zero-order valence-corrected chi connectivity index (χ0v) is 10.4. The van der Waals surface area contributed by atoms with Crippen LogP contribution in [-0.4, -0.2) is 23.7 Å². The molecule has 17 heavy (non-hydrogen) atoms. The summed E-state index contributed by atoms with van der Waals surface area (Å²) >= 11 is 5.94. The number of carboxylic acid groups (broad SMARTS) is 1. The maximum atomic E-state index is 10.5. The quantitative estimate of drug-likeness (QED) is 0.767. The first-order valence-corrected chi connectivity index (χ1v) is 5.76. The second-order valence-corrected chi connectivity index (χ2v) is 4.28. The molecule has 0 bridgehead atoms. The number of nitrogens with two attached hydrogens (primary N) is 1. The smallest absolute Gasteiger partial charge is 0.320 e. The van der Waals surface area contributed by atoms with Gasteiger partial charge in [-0.25, -0.2) is 0 Å². The first-order valence-electron chi connectivity index (χ1n) is 5.38. The van der Waals surface area contributed by atoms with Crippen LogP contribution in [0.5, 0.6) is 5.75 Å². The minimum atomic E-state index is -0.987. The van der Waals surface area contributed by atoms with Crippen molar-refractivity contribution in [2.24, 2.45) is 5.73 Å².